The molecule has 4 heteroatoms. The van der Waals surface area contributed by atoms with Gasteiger partial charge in [0.15, 0.2) is 0 Å². The zero-order valence-corrected chi connectivity index (χ0v) is 10.5. The van der Waals surface area contributed by atoms with Gasteiger partial charge in [-0.15, -0.1) is 0 Å². The van der Waals surface area contributed by atoms with Crippen molar-refractivity contribution in [3.8, 4) is 0 Å². The third kappa shape index (κ3) is 1.79. The largest absolute Gasteiger partial charge is 0.370 e. The first kappa shape index (κ1) is 10.7. The van der Waals surface area contributed by atoms with Gasteiger partial charge >= 0.3 is 0 Å². The Bertz CT molecular complexity index is 385. The molecule has 2 aliphatic heterocycles. The van der Waals surface area contributed by atoms with E-state index in [1.54, 1.807) is 6.07 Å². The molecule has 0 saturated carbocycles. The maximum Gasteiger partial charge on any atom is 0.0441 e. The van der Waals surface area contributed by atoms with Crippen LogP contribution in [-0.2, 0) is 0 Å². The van der Waals surface area contributed by atoms with Crippen LogP contribution in [0.4, 0.5) is 5.69 Å². The zero-order valence-electron chi connectivity index (χ0n) is 8.97. The van der Waals surface area contributed by atoms with Gasteiger partial charge in [0.05, 0.1) is 0 Å². The van der Waals surface area contributed by atoms with Crippen LogP contribution < -0.4 is 10.2 Å². The number of rotatable bonds is 1. The molecule has 86 valence electrons. The van der Waals surface area contributed by atoms with Crippen LogP contribution in [0.3, 0.4) is 0 Å². The smallest absolute Gasteiger partial charge is 0.0441 e. The van der Waals surface area contributed by atoms with Gasteiger partial charge in [-0.1, -0.05) is 23.2 Å². The highest BCUT2D eigenvalue weighted by atomic mass is 35.5. The summed E-state index contributed by atoms with van der Waals surface area (Å²) < 4.78 is 0. The van der Waals surface area contributed by atoms with Gasteiger partial charge in [0.25, 0.3) is 0 Å². The third-order valence-electron chi connectivity index (χ3n) is 3.60. The second-order valence-electron chi connectivity index (χ2n) is 4.91. The molecule has 1 spiro atoms. The van der Waals surface area contributed by atoms with Crippen molar-refractivity contribution in [2.24, 2.45) is 5.41 Å². The zero-order chi connectivity index (χ0) is 11.2. The molecule has 2 aliphatic rings. The Balaban J connectivity index is 1.75. The molecular weight excluding hydrogens is 243 g/mol. The van der Waals surface area contributed by atoms with E-state index in [2.05, 4.69) is 10.2 Å². The number of halogens is 2. The number of hydrogen-bond donors (Lipinski definition) is 1. The second-order valence-corrected chi connectivity index (χ2v) is 5.78. The highest BCUT2D eigenvalue weighted by Gasteiger charge is 2.44. The normalized spacial score (nSPS) is 22.5. The molecule has 2 saturated heterocycles. The predicted octanol–water partition coefficient (Wildman–Crippen LogP) is 2.79. The van der Waals surface area contributed by atoms with Crippen LogP contribution in [0.2, 0.25) is 10.0 Å². The average Bonchev–Trinajstić information content (AvgIpc) is 2.61. The Morgan fingerprint density at radius 3 is 2.38 bits per heavy atom. The summed E-state index contributed by atoms with van der Waals surface area (Å²) in [5.74, 6) is 0. The minimum atomic E-state index is 0.509. The molecule has 0 unspecified atom stereocenters. The van der Waals surface area contributed by atoms with Crippen molar-refractivity contribution in [1.29, 1.82) is 0 Å². The van der Waals surface area contributed by atoms with E-state index < -0.39 is 0 Å². The second kappa shape index (κ2) is 3.80. The lowest BCUT2D eigenvalue weighted by Crippen LogP contribution is -2.57. The fourth-order valence-corrected chi connectivity index (χ4v) is 3.25. The summed E-state index contributed by atoms with van der Waals surface area (Å²) in [7, 11) is 0. The van der Waals surface area contributed by atoms with Crippen molar-refractivity contribution in [2.45, 2.75) is 6.42 Å². The van der Waals surface area contributed by atoms with Gasteiger partial charge in [-0.3, -0.25) is 0 Å². The molecule has 0 aromatic heterocycles. The molecule has 0 atom stereocenters. The Morgan fingerprint density at radius 2 is 1.81 bits per heavy atom. The van der Waals surface area contributed by atoms with Crippen LogP contribution in [0.25, 0.3) is 0 Å². The molecule has 2 fully saturated rings. The predicted molar refractivity (Wildman–Crippen MR) is 68.6 cm³/mol. The number of hydrogen-bond acceptors (Lipinski definition) is 2. The number of nitrogens with one attached hydrogen (secondary N) is 1. The molecule has 1 aromatic rings. The van der Waals surface area contributed by atoms with Crippen molar-refractivity contribution in [1.82, 2.24) is 5.32 Å². The van der Waals surface area contributed by atoms with E-state index in [4.69, 9.17) is 23.2 Å². The highest BCUT2D eigenvalue weighted by Crippen LogP contribution is 2.40. The van der Waals surface area contributed by atoms with E-state index >= 15 is 0 Å². The van der Waals surface area contributed by atoms with Gasteiger partial charge in [0.1, 0.15) is 0 Å². The molecule has 16 heavy (non-hydrogen) atoms. The average molecular weight is 257 g/mol. The molecular formula is C12H14Cl2N2. The van der Waals surface area contributed by atoms with Crippen molar-refractivity contribution < 1.29 is 0 Å². The first-order valence-electron chi connectivity index (χ1n) is 5.59. The van der Waals surface area contributed by atoms with Gasteiger partial charge in [0, 0.05) is 40.8 Å². The summed E-state index contributed by atoms with van der Waals surface area (Å²) in [6.45, 7) is 4.55. The molecule has 0 amide bonds. The molecule has 3 rings (SSSR count). The fourth-order valence-electron chi connectivity index (χ4n) is 2.73. The molecule has 0 radical (unpaired) electrons. The van der Waals surface area contributed by atoms with Gasteiger partial charge in [-0.05, 0) is 31.2 Å². The van der Waals surface area contributed by atoms with E-state index in [9.17, 15) is 0 Å². The maximum atomic E-state index is 6.00. The SMILES string of the molecule is Clc1cc(Cl)cc(N2CC3(CCNC3)C2)c1. The molecule has 2 heterocycles. The highest BCUT2D eigenvalue weighted by molar-refractivity contribution is 6.35. The van der Waals surface area contributed by atoms with E-state index in [1.165, 1.54) is 6.42 Å². The number of anilines is 1. The summed E-state index contributed by atoms with van der Waals surface area (Å²) in [5.41, 5.74) is 1.66. The molecule has 0 bridgehead atoms. The van der Waals surface area contributed by atoms with Crippen molar-refractivity contribution in [3.05, 3.63) is 28.2 Å². The van der Waals surface area contributed by atoms with Gasteiger partial charge in [-0.2, -0.15) is 0 Å². The van der Waals surface area contributed by atoms with Crippen LogP contribution in [0, 0.1) is 5.41 Å². The summed E-state index contributed by atoms with van der Waals surface area (Å²) in [6, 6.07) is 5.75. The minimum Gasteiger partial charge on any atom is -0.370 e. The minimum absolute atomic E-state index is 0.509. The molecule has 2 nitrogen and oxygen atoms in total. The lowest BCUT2D eigenvalue weighted by atomic mass is 9.79. The Kier molecular flexibility index (Phi) is 2.54. The topological polar surface area (TPSA) is 15.3 Å². The van der Waals surface area contributed by atoms with Crippen molar-refractivity contribution >= 4 is 28.9 Å². The monoisotopic (exact) mass is 256 g/mol. The van der Waals surface area contributed by atoms with E-state index in [-0.39, 0.29) is 0 Å². The Labute approximate surface area is 106 Å². The fraction of sp³-hybridized carbons (Fsp3) is 0.500. The summed E-state index contributed by atoms with van der Waals surface area (Å²) in [5, 5.41) is 4.86. The van der Waals surface area contributed by atoms with E-state index in [0.717, 1.165) is 31.9 Å². The summed E-state index contributed by atoms with van der Waals surface area (Å²) in [4.78, 5) is 2.35. The Hall–Kier alpha value is -0.440. The van der Waals surface area contributed by atoms with Gasteiger partial charge in [0.2, 0.25) is 0 Å². The standard InChI is InChI=1S/C12H14Cl2N2/c13-9-3-10(14)5-11(4-9)16-7-12(8-16)1-2-15-6-12/h3-5,15H,1-2,6-8H2. The lowest BCUT2D eigenvalue weighted by Gasteiger charge is -2.49. The number of benzene rings is 1. The quantitative estimate of drug-likeness (QED) is 0.832. The maximum absolute atomic E-state index is 6.00. The van der Waals surface area contributed by atoms with Crippen LogP contribution in [0.15, 0.2) is 18.2 Å². The van der Waals surface area contributed by atoms with E-state index in [0.29, 0.717) is 15.5 Å². The van der Waals surface area contributed by atoms with Crippen LogP contribution in [0.5, 0.6) is 0 Å². The van der Waals surface area contributed by atoms with E-state index in [1.807, 2.05) is 12.1 Å². The first-order valence-corrected chi connectivity index (χ1v) is 6.34. The van der Waals surface area contributed by atoms with Crippen LogP contribution in [-0.4, -0.2) is 26.2 Å². The molecule has 0 aliphatic carbocycles. The molecule has 1 N–H and O–H groups in total. The first-order chi connectivity index (χ1) is 7.67. The lowest BCUT2D eigenvalue weighted by molar-refractivity contribution is 0.243. The number of nitrogens with zero attached hydrogens (tertiary/aromatic N) is 1. The van der Waals surface area contributed by atoms with Crippen molar-refractivity contribution in [2.75, 3.05) is 31.1 Å². The Morgan fingerprint density at radius 1 is 1.12 bits per heavy atom. The summed E-state index contributed by atoms with van der Waals surface area (Å²) in [6.07, 6.45) is 1.29. The van der Waals surface area contributed by atoms with Gasteiger partial charge < -0.3 is 10.2 Å². The van der Waals surface area contributed by atoms with Crippen molar-refractivity contribution in [3.63, 3.8) is 0 Å². The third-order valence-corrected chi connectivity index (χ3v) is 4.03. The van der Waals surface area contributed by atoms with Gasteiger partial charge in [-0.25, -0.2) is 0 Å². The van der Waals surface area contributed by atoms with Crippen LogP contribution in [0.1, 0.15) is 6.42 Å². The molecule has 1 aromatic carbocycles. The van der Waals surface area contributed by atoms with Crippen LogP contribution >= 0.6 is 23.2 Å². The summed E-state index contributed by atoms with van der Waals surface area (Å²) >= 11 is 12.0.